The molecule has 55 heavy (non-hydrogen) atoms. The van der Waals surface area contributed by atoms with Crippen molar-refractivity contribution in [1.29, 1.82) is 0 Å². The topological polar surface area (TPSA) is 152 Å². The third-order valence-electron chi connectivity index (χ3n) is 8.85. The van der Waals surface area contributed by atoms with Gasteiger partial charge in [-0.3, -0.25) is 18.2 Å². The van der Waals surface area contributed by atoms with Gasteiger partial charge < -0.3 is 19.3 Å². The number of imidazole rings is 2. The van der Waals surface area contributed by atoms with Gasteiger partial charge in [-0.25, -0.2) is 19.6 Å². The Morgan fingerprint density at radius 1 is 0.618 bits per heavy atom. The number of rotatable bonds is 8. The zero-order chi connectivity index (χ0) is 39.0. The molecule has 6 heterocycles. The van der Waals surface area contributed by atoms with Crippen LogP contribution in [0.4, 0.5) is 0 Å². The van der Waals surface area contributed by atoms with Gasteiger partial charge in [0, 0.05) is 61.1 Å². The fourth-order valence-electron chi connectivity index (χ4n) is 6.18. The molecule has 0 bridgehead atoms. The van der Waals surface area contributed by atoms with E-state index in [0.717, 1.165) is 50.5 Å². The number of aromatic nitrogens is 8. The fourth-order valence-corrected chi connectivity index (χ4v) is 6.76. The Labute approximate surface area is 323 Å². The van der Waals surface area contributed by atoms with Gasteiger partial charge in [0.2, 0.25) is 0 Å². The zero-order valence-corrected chi connectivity index (χ0v) is 31.6. The van der Waals surface area contributed by atoms with E-state index in [2.05, 4.69) is 20.2 Å². The molecule has 14 nitrogen and oxygen atoms in total. The number of aryl methyl sites for hydroxylation is 2. The molecular formula is C39H32Cl2N8O6. The van der Waals surface area contributed by atoms with Crippen LogP contribution in [0.25, 0.3) is 56.1 Å². The van der Waals surface area contributed by atoms with Gasteiger partial charge in [0.1, 0.15) is 33.9 Å². The van der Waals surface area contributed by atoms with Crippen LogP contribution in [0.5, 0.6) is 11.5 Å². The SMILES string of the molecule is COC(=O)c1c(Cl)cc(-c2cnc3cc(-c4cnn(C)c4)ccn23)cc1OC.COc1cc(-c2cnc3cc(-c4cnn(C)c4)ccn23)cc(Cl)c1C(=O)O. The minimum absolute atomic E-state index is 0.0596. The van der Waals surface area contributed by atoms with Crippen LogP contribution in [0.2, 0.25) is 10.0 Å². The lowest BCUT2D eigenvalue weighted by molar-refractivity contribution is 0.0596. The number of carbonyl (C=O) groups is 2. The third kappa shape index (κ3) is 7.07. The zero-order valence-electron chi connectivity index (χ0n) is 30.1. The van der Waals surface area contributed by atoms with Crippen LogP contribution in [-0.4, -0.2) is 76.7 Å². The highest BCUT2D eigenvalue weighted by Crippen LogP contribution is 2.36. The number of methoxy groups -OCH3 is 3. The number of pyridine rings is 2. The van der Waals surface area contributed by atoms with Gasteiger partial charge in [-0.05, 0) is 59.7 Å². The molecule has 8 rings (SSSR count). The predicted octanol–water partition coefficient (Wildman–Crippen LogP) is 7.61. The Morgan fingerprint density at radius 3 is 1.47 bits per heavy atom. The average Bonchev–Trinajstić information content (AvgIpc) is 4.00. The number of benzene rings is 2. The van der Waals surface area contributed by atoms with Crippen LogP contribution in [-0.2, 0) is 18.8 Å². The maximum atomic E-state index is 12.0. The highest BCUT2D eigenvalue weighted by Gasteiger charge is 2.21. The van der Waals surface area contributed by atoms with Crippen molar-refractivity contribution in [3.63, 3.8) is 0 Å². The first-order valence-electron chi connectivity index (χ1n) is 16.5. The van der Waals surface area contributed by atoms with Crippen molar-refractivity contribution in [3.05, 3.63) is 119 Å². The van der Waals surface area contributed by atoms with Gasteiger partial charge in [0.25, 0.3) is 0 Å². The predicted molar refractivity (Wildman–Crippen MR) is 207 cm³/mol. The lowest BCUT2D eigenvalue weighted by Crippen LogP contribution is -2.05. The van der Waals surface area contributed by atoms with Crippen LogP contribution in [0, 0.1) is 0 Å². The summed E-state index contributed by atoms with van der Waals surface area (Å²) in [4.78, 5) is 32.4. The molecule has 16 heteroatoms. The third-order valence-corrected chi connectivity index (χ3v) is 9.44. The first-order chi connectivity index (χ1) is 26.5. The average molecular weight is 780 g/mol. The van der Waals surface area contributed by atoms with Crippen molar-refractivity contribution in [1.82, 2.24) is 38.3 Å². The Bertz CT molecular complexity index is 2750. The maximum absolute atomic E-state index is 12.0. The quantitative estimate of drug-likeness (QED) is 0.153. The molecule has 0 aliphatic carbocycles. The van der Waals surface area contributed by atoms with E-state index < -0.39 is 11.9 Å². The summed E-state index contributed by atoms with van der Waals surface area (Å²) in [5.74, 6) is -1.14. The van der Waals surface area contributed by atoms with E-state index in [0.29, 0.717) is 11.3 Å². The molecule has 0 fully saturated rings. The van der Waals surface area contributed by atoms with Gasteiger partial charge in [-0.1, -0.05) is 23.2 Å². The summed E-state index contributed by atoms with van der Waals surface area (Å²) in [5.41, 5.74) is 8.80. The van der Waals surface area contributed by atoms with Crippen LogP contribution < -0.4 is 9.47 Å². The van der Waals surface area contributed by atoms with E-state index in [4.69, 9.17) is 37.4 Å². The van der Waals surface area contributed by atoms with E-state index in [9.17, 15) is 14.7 Å². The molecule has 0 saturated heterocycles. The lowest BCUT2D eigenvalue weighted by Gasteiger charge is -2.11. The number of aromatic carboxylic acids is 1. The molecule has 278 valence electrons. The molecule has 0 saturated carbocycles. The van der Waals surface area contributed by atoms with E-state index in [1.165, 1.54) is 21.3 Å². The summed E-state index contributed by atoms with van der Waals surface area (Å²) < 4.78 is 22.7. The number of esters is 1. The molecule has 6 aromatic heterocycles. The molecule has 0 radical (unpaired) electrons. The van der Waals surface area contributed by atoms with Gasteiger partial charge in [0.15, 0.2) is 0 Å². The highest BCUT2D eigenvalue weighted by molar-refractivity contribution is 6.34. The number of ether oxygens (including phenoxy) is 3. The number of hydrogen-bond acceptors (Lipinski definition) is 9. The number of carboxylic acid groups (broad SMARTS) is 1. The highest BCUT2D eigenvalue weighted by atomic mass is 35.5. The molecule has 0 amide bonds. The van der Waals surface area contributed by atoms with Crippen molar-refractivity contribution in [2.24, 2.45) is 14.1 Å². The number of carboxylic acids is 1. The molecule has 0 aliphatic heterocycles. The van der Waals surface area contributed by atoms with Gasteiger partial charge >= 0.3 is 11.9 Å². The van der Waals surface area contributed by atoms with E-state index in [-0.39, 0.29) is 26.9 Å². The summed E-state index contributed by atoms with van der Waals surface area (Å²) in [5, 5.41) is 18.1. The molecule has 8 aromatic rings. The summed E-state index contributed by atoms with van der Waals surface area (Å²) in [6, 6.07) is 14.6. The van der Waals surface area contributed by atoms with E-state index >= 15 is 0 Å². The van der Waals surface area contributed by atoms with E-state index in [1.54, 1.807) is 52.2 Å². The summed E-state index contributed by atoms with van der Waals surface area (Å²) >= 11 is 12.5. The number of carbonyl (C=O) groups excluding carboxylic acids is 1. The molecule has 0 unspecified atom stereocenters. The maximum Gasteiger partial charge on any atom is 0.343 e. The first-order valence-corrected chi connectivity index (χ1v) is 17.2. The van der Waals surface area contributed by atoms with Crippen molar-refractivity contribution in [2.75, 3.05) is 21.3 Å². The second-order valence-corrected chi connectivity index (χ2v) is 13.1. The number of halogens is 2. The van der Waals surface area contributed by atoms with Gasteiger partial charge in [-0.2, -0.15) is 10.2 Å². The lowest BCUT2D eigenvalue weighted by atomic mass is 10.1. The smallest absolute Gasteiger partial charge is 0.343 e. The minimum atomic E-state index is -1.14. The Balaban J connectivity index is 0.000000169. The number of nitrogens with zero attached hydrogens (tertiary/aromatic N) is 8. The Kier molecular flexibility index (Phi) is 10.0. The Hall–Kier alpha value is -6.64. The summed E-state index contributed by atoms with van der Waals surface area (Å²) in [6.45, 7) is 0. The standard InChI is InChI=1S/C20H17ClN4O3.C19H15ClN4O3/c1-24-11-14(9-23-24)12-4-5-25-16(10-22-18(25)8-12)13-6-15(21)19(20(26)28-3)17(7-13)27-2;1-23-10-13(8-22-23)11-3-4-24-15(9-21-17(24)7-11)12-5-14(20)18(19(25)26)16(6-12)27-2/h4-11H,1-3H3;3-10H,1-2H3,(H,25,26). The largest absolute Gasteiger partial charge is 0.496 e. The number of hydrogen-bond donors (Lipinski definition) is 1. The van der Waals surface area contributed by atoms with Crippen LogP contribution >= 0.6 is 23.2 Å². The molecule has 0 aliphatic rings. The molecule has 2 aromatic carbocycles. The molecule has 1 N–H and O–H groups in total. The molecule has 0 spiro atoms. The molecule has 0 atom stereocenters. The van der Waals surface area contributed by atoms with Crippen LogP contribution in [0.3, 0.4) is 0 Å². The monoisotopic (exact) mass is 778 g/mol. The minimum Gasteiger partial charge on any atom is -0.496 e. The first kappa shape index (κ1) is 36.7. The summed E-state index contributed by atoms with van der Waals surface area (Å²) in [7, 11) is 7.95. The second kappa shape index (κ2) is 15.0. The summed E-state index contributed by atoms with van der Waals surface area (Å²) in [6.07, 6.45) is 14.8. The van der Waals surface area contributed by atoms with Gasteiger partial charge in [-0.15, -0.1) is 0 Å². The normalized spacial score (nSPS) is 11.0. The van der Waals surface area contributed by atoms with Gasteiger partial charge in [0.05, 0.1) is 67.5 Å². The van der Waals surface area contributed by atoms with E-state index in [1.807, 2.05) is 78.1 Å². The van der Waals surface area contributed by atoms with Crippen molar-refractivity contribution in [2.45, 2.75) is 0 Å². The van der Waals surface area contributed by atoms with Crippen LogP contribution in [0.15, 0.2) is 98.1 Å². The Morgan fingerprint density at radius 2 is 1.07 bits per heavy atom. The number of fused-ring (bicyclic) bond motifs is 2. The molecular weight excluding hydrogens is 747 g/mol. The van der Waals surface area contributed by atoms with Crippen molar-refractivity contribution < 1.29 is 28.9 Å². The fraction of sp³-hybridized carbons (Fsp3) is 0.128. The second-order valence-electron chi connectivity index (χ2n) is 12.2. The van der Waals surface area contributed by atoms with Crippen molar-refractivity contribution in [3.8, 4) is 56.3 Å². The van der Waals surface area contributed by atoms with Crippen molar-refractivity contribution >= 4 is 46.4 Å². The van der Waals surface area contributed by atoms with Crippen LogP contribution in [0.1, 0.15) is 20.7 Å².